The number of rotatable bonds is 3. The van der Waals surface area contributed by atoms with Crippen LogP contribution in [-0.4, -0.2) is 36.6 Å². The van der Waals surface area contributed by atoms with E-state index in [0.717, 1.165) is 0 Å². The Hall–Kier alpha value is -2.22. The van der Waals surface area contributed by atoms with Crippen LogP contribution in [0.2, 0.25) is 0 Å². The van der Waals surface area contributed by atoms with Crippen LogP contribution in [0.5, 0.6) is 0 Å². The van der Waals surface area contributed by atoms with Crippen molar-refractivity contribution in [1.82, 2.24) is 19.5 Å². The number of aliphatic hydroxyl groups excluding tert-OH is 1. The van der Waals surface area contributed by atoms with Gasteiger partial charge in [-0.1, -0.05) is 0 Å². The van der Waals surface area contributed by atoms with E-state index in [4.69, 9.17) is 11.1 Å². The molecule has 0 aliphatic heterocycles. The molecule has 2 aromatic heterocycles. The zero-order valence-corrected chi connectivity index (χ0v) is 8.21. The lowest BCUT2D eigenvalue weighted by atomic mass is 10.3. The fourth-order valence-electron chi connectivity index (χ4n) is 1.34. The minimum Gasteiger partial charge on any atom is -0.381 e. The van der Waals surface area contributed by atoms with Crippen molar-refractivity contribution < 1.29 is 9.90 Å². The molecule has 0 aromatic carbocycles. The Morgan fingerprint density at radius 1 is 1.69 bits per heavy atom. The lowest BCUT2D eigenvalue weighted by Gasteiger charge is -2.09. The van der Waals surface area contributed by atoms with E-state index in [9.17, 15) is 9.90 Å². The maximum absolute atomic E-state index is 10.7. The second-order valence-electron chi connectivity index (χ2n) is 3.26. The molecule has 1 atom stereocenters. The van der Waals surface area contributed by atoms with Gasteiger partial charge in [-0.25, -0.2) is 9.97 Å². The molecule has 0 aliphatic rings. The third kappa shape index (κ3) is 1.65. The fraction of sp³-hybridized carbons (Fsp3) is 0.250. The van der Waals surface area contributed by atoms with Crippen molar-refractivity contribution in [3.63, 3.8) is 0 Å². The maximum atomic E-state index is 10.7. The summed E-state index contributed by atoms with van der Waals surface area (Å²) >= 11 is 0. The molecular weight excluding hydrogens is 212 g/mol. The number of fused-ring (bicyclic) bond motifs is 1. The molecule has 5 N–H and O–H groups in total. The van der Waals surface area contributed by atoms with Crippen LogP contribution in [0.4, 0.5) is 0 Å². The second-order valence-corrected chi connectivity index (χ2v) is 3.26. The van der Waals surface area contributed by atoms with Crippen molar-refractivity contribution in [2.24, 2.45) is 5.73 Å². The number of amides is 1. The average Bonchev–Trinajstić information content (AvgIpc) is 2.71. The molecule has 0 aliphatic carbocycles. The van der Waals surface area contributed by atoms with Crippen molar-refractivity contribution in [3.8, 4) is 0 Å². The zero-order valence-electron chi connectivity index (χ0n) is 8.21. The van der Waals surface area contributed by atoms with E-state index in [2.05, 4.69) is 15.0 Å². The molecular formula is C8H10N6O2. The average molecular weight is 222 g/mol. The highest BCUT2D eigenvalue weighted by atomic mass is 16.3. The number of aromatic nitrogens is 4. The largest absolute Gasteiger partial charge is 0.381 e. The number of H-pyrrole nitrogens is 1. The Morgan fingerprint density at radius 3 is 3.12 bits per heavy atom. The maximum Gasteiger partial charge on any atom is 0.248 e. The molecule has 0 saturated heterocycles. The van der Waals surface area contributed by atoms with Gasteiger partial charge < -0.3 is 20.4 Å². The molecule has 2 heterocycles. The van der Waals surface area contributed by atoms with Crippen LogP contribution in [0.3, 0.4) is 0 Å². The van der Waals surface area contributed by atoms with Gasteiger partial charge in [0.25, 0.3) is 0 Å². The van der Waals surface area contributed by atoms with Gasteiger partial charge >= 0.3 is 0 Å². The minimum atomic E-state index is -1.30. The third-order valence-corrected chi connectivity index (χ3v) is 2.15. The molecule has 0 spiro atoms. The van der Waals surface area contributed by atoms with Crippen molar-refractivity contribution in [3.05, 3.63) is 18.1 Å². The van der Waals surface area contributed by atoms with Crippen LogP contribution in [0.25, 0.3) is 11.2 Å². The second kappa shape index (κ2) is 3.74. The van der Waals surface area contributed by atoms with Gasteiger partial charge in [0.05, 0.1) is 19.2 Å². The first-order valence-electron chi connectivity index (χ1n) is 4.50. The molecule has 0 radical (unpaired) electrons. The van der Waals surface area contributed by atoms with E-state index < -0.39 is 12.0 Å². The molecule has 1 amide bonds. The summed E-state index contributed by atoms with van der Waals surface area (Å²) < 4.78 is 1.46. The van der Waals surface area contributed by atoms with E-state index in [0.29, 0.717) is 11.2 Å². The Morgan fingerprint density at radius 2 is 2.44 bits per heavy atom. The van der Waals surface area contributed by atoms with Gasteiger partial charge in [-0.3, -0.25) is 10.2 Å². The first-order chi connectivity index (χ1) is 7.59. The molecule has 0 bridgehead atoms. The van der Waals surface area contributed by atoms with Crippen molar-refractivity contribution >= 4 is 17.1 Å². The van der Waals surface area contributed by atoms with Gasteiger partial charge in [0, 0.05) is 0 Å². The van der Waals surface area contributed by atoms with Crippen LogP contribution >= 0.6 is 0 Å². The van der Waals surface area contributed by atoms with Crippen molar-refractivity contribution in [2.75, 3.05) is 0 Å². The standard InChI is InChI=1S/C8H10N6O2/c9-6-5-8(12-2-11-5)14(3-13-6)1-4(15)7(10)16/h2-4,9,15H,1H2,(H2,10,16)(H,11,12)/t4-/m1/s1. The summed E-state index contributed by atoms with van der Waals surface area (Å²) in [6.45, 7) is -0.0377. The van der Waals surface area contributed by atoms with E-state index in [1.54, 1.807) is 0 Å². The van der Waals surface area contributed by atoms with E-state index in [-0.39, 0.29) is 12.0 Å². The number of nitrogens with two attached hydrogens (primary N) is 1. The monoisotopic (exact) mass is 222 g/mol. The summed E-state index contributed by atoms with van der Waals surface area (Å²) in [5.41, 5.74) is 5.89. The summed E-state index contributed by atoms with van der Waals surface area (Å²) in [5.74, 6) is -0.814. The Bertz CT molecular complexity index is 585. The third-order valence-electron chi connectivity index (χ3n) is 2.15. The highest BCUT2D eigenvalue weighted by Crippen LogP contribution is 2.03. The van der Waals surface area contributed by atoms with Gasteiger partial charge in [-0.2, -0.15) is 0 Å². The molecule has 0 unspecified atom stereocenters. The predicted octanol–water partition coefficient (Wildman–Crippen LogP) is -1.91. The first kappa shape index (κ1) is 10.3. The molecule has 16 heavy (non-hydrogen) atoms. The summed E-state index contributed by atoms with van der Waals surface area (Å²) in [6.07, 6.45) is 1.44. The summed E-state index contributed by atoms with van der Waals surface area (Å²) in [4.78, 5) is 21.2. The number of carbonyl (C=O) groups is 1. The number of aliphatic hydroxyl groups is 1. The molecule has 8 nitrogen and oxygen atoms in total. The van der Waals surface area contributed by atoms with Gasteiger partial charge in [-0.05, 0) is 0 Å². The van der Waals surface area contributed by atoms with Crippen LogP contribution in [0.15, 0.2) is 12.7 Å². The number of imidazole rings is 1. The smallest absolute Gasteiger partial charge is 0.248 e. The van der Waals surface area contributed by atoms with Crippen LogP contribution < -0.4 is 11.2 Å². The SMILES string of the molecule is N=c1ncn(C[C@@H](O)C(N)=O)c2nc[nH]c12. The molecule has 2 aromatic rings. The van der Waals surface area contributed by atoms with E-state index in [1.807, 2.05) is 0 Å². The molecule has 2 rings (SSSR count). The van der Waals surface area contributed by atoms with Gasteiger partial charge in [0.2, 0.25) is 5.91 Å². The van der Waals surface area contributed by atoms with Crippen molar-refractivity contribution in [1.29, 1.82) is 5.41 Å². The first-order valence-corrected chi connectivity index (χ1v) is 4.50. The topological polar surface area (TPSA) is 134 Å². The normalized spacial score (nSPS) is 12.8. The van der Waals surface area contributed by atoms with Crippen LogP contribution in [-0.2, 0) is 11.3 Å². The number of aromatic amines is 1. The highest BCUT2D eigenvalue weighted by Gasteiger charge is 2.13. The highest BCUT2D eigenvalue weighted by molar-refractivity contribution is 5.78. The zero-order chi connectivity index (χ0) is 11.7. The molecule has 0 fully saturated rings. The number of hydrogen-bond acceptors (Lipinski definition) is 5. The Balaban J connectivity index is 2.46. The Kier molecular flexibility index (Phi) is 2.41. The summed E-state index contributed by atoms with van der Waals surface area (Å²) in [6, 6.07) is 0. The van der Waals surface area contributed by atoms with Gasteiger partial charge in [0.15, 0.2) is 11.1 Å². The summed E-state index contributed by atoms with van der Waals surface area (Å²) in [5, 5.41) is 16.8. The van der Waals surface area contributed by atoms with Gasteiger partial charge in [-0.15, -0.1) is 0 Å². The number of nitrogens with one attached hydrogen (secondary N) is 2. The number of nitrogens with zero attached hydrogens (tertiary/aromatic N) is 3. The molecule has 8 heteroatoms. The number of carbonyl (C=O) groups excluding carboxylic acids is 1. The van der Waals surface area contributed by atoms with Crippen LogP contribution in [0.1, 0.15) is 0 Å². The van der Waals surface area contributed by atoms with Crippen LogP contribution in [0, 0.1) is 5.41 Å². The van der Waals surface area contributed by atoms with E-state index in [1.165, 1.54) is 17.2 Å². The Labute approximate surface area is 89.3 Å². The fourth-order valence-corrected chi connectivity index (χ4v) is 1.34. The predicted molar refractivity (Wildman–Crippen MR) is 52.9 cm³/mol. The number of primary amides is 1. The minimum absolute atomic E-state index is 0.0377. The van der Waals surface area contributed by atoms with Gasteiger partial charge in [0.1, 0.15) is 11.6 Å². The summed E-state index contributed by atoms with van der Waals surface area (Å²) in [7, 11) is 0. The van der Waals surface area contributed by atoms with Crippen molar-refractivity contribution in [2.45, 2.75) is 12.6 Å². The number of hydrogen-bond donors (Lipinski definition) is 4. The quantitative estimate of drug-likeness (QED) is 0.481. The van der Waals surface area contributed by atoms with E-state index >= 15 is 0 Å². The lowest BCUT2D eigenvalue weighted by Crippen LogP contribution is -2.32. The molecule has 0 saturated carbocycles. The lowest BCUT2D eigenvalue weighted by molar-refractivity contribution is -0.126. The molecule has 84 valence electrons.